The fourth-order valence-electron chi connectivity index (χ4n) is 1.26. The van der Waals surface area contributed by atoms with Crippen LogP contribution in [0.25, 0.3) is 0 Å². The number of hydrogen-bond acceptors (Lipinski definition) is 3. The van der Waals surface area contributed by atoms with Gasteiger partial charge in [0.1, 0.15) is 0 Å². The van der Waals surface area contributed by atoms with Gasteiger partial charge in [0.2, 0.25) is 0 Å². The quantitative estimate of drug-likeness (QED) is 0.449. The highest BCUT2D eigenvalue weighted by molar-refractivity contribution is 6.48. The van der Waals surface area contributed by atoms with Crippen molar-refractivity contribution in [2.75, 3.05) is 0 Å². The zero-order valence-corrected chi connectivity index (χ0v) is 10.3. The molecular weight excluding hydrogens is 210 g/mol. The van der Waals surface area contributed by atoms with Crippen LogP contribution in [0.5, 0.6) is 0 Å². The minimum absolute atomic E-state index is 0.148. The molecule has 0 N–H and O–H groups in total. The molecule has 0 spiro atoms. The minimum atomic E-state index is -1.13. The van der Waals surface area contributed by atoms with Gasteiger partial charge < -0.3 is 4.43 Å². The lowest BCUT2D eigenvalue weighted by atomic mass is 10.1. The average molecular weight is 225 g/mol. The maximum atomic E-state index is 10.7. The Morgan fingerprint density at radius 2 is 2.13 bits per heavy atom. The van der Waals surface area contributed by atoms with E-state index >= 15 is 0 Å². The lowest BCUT2D eigenvalue weighted by Gasteiger charge is -2.07. The van der Waals surface area contributed by atoms with E-state index < -0.39 is 9.04 Å². The fraction of sp³-hybridized carbons (Fsp3) is 0.400. The van der Waals surface area contributed by atoms with Crippen LogP contribution in [-0.2, 0) is 11.0 Å². The number of nitro groups is 1. The van der Waals surface area contributed by atoms with Crippen molar-refractivity contribution in [1.29, 1.82) is 0 Å². The molecule has 0 aliphatic carbocycles. The van der Waals surface area contributed by atoms with Crippen LogP contribution in [0.15, 0.2) is 18.2 Å². The number of nitrogens with zero attached hydrogens (tertiary/aromatic N) is 1. The van der Waals surface area contributed by atoms with Crippen LogP contribution >= 0.6 is 0 Å². The van der Waals surface area contributed by atoms with E-state index in [9.17, 15) is 10.1 Å². The zero-order chi connectivity index (χ0) is 11.4. The summed E-state index contributed by atoms with van der Waals surface area (Å²) < 4.78 is 5.51. The molecule has 0 saturated heterocycles. The van der Waals surface area contributed by atoms with Crippen molar-refractivity contribution in [2.24, 2.45) is 0 Å². The molecule has 0 heterocycles. The molecule has 15 heavy (non-hydrogen) atoms. The van der Waals surface area contributed by atoms with Crippen LogP contribution in [0.4, 0.5) is 5.69 Å². The average Bonchev–Trinajstić information content (AvgIpc) is 2.14. The maximum Gasteiger partial charge on any atom is 0.274 e. The van der Waals surface area contributed by atoms with Crippen molar-refractivity contribution in [1.82, 2.24) is 0 Å². The van der Waals surface area contributed by atoms with Crippen molar-refractivity contribution in [3.8, 4) is 0 Å². The van der Waals surface area contributed by atoms with E-state index in [1.165, 1.54) is 6.07 Å². The van der Waals surface area contributed by atoms with E-state index in [0.717, 1.165) is 5.56 Å². The van der Waals surface area contributed by atoms with Gasteiger partial charge in [0.15, 0.2) is 9.04 Å². The Kier molecular flexibility index (Phi) is 3.99. The predicted molar refractivity (Wildman–Crippen MR) is 61.5 cm³/mol. The molecule has 4 nitrogen and oxygen atoms in total. The summed E-state index contributed by atoms with van der Waals surface area (Å²) in [5.74, 6) is 0. The van der Waals surface area contributed by atoms with Crippen LogP contribution in [-0.4, -0.2) is 14.0 Å². The fourth-order valence-corrected chi connectivity index (χ4v) is 1.78. The molecule has 1 rings (SSSR count). The first-order chi connectivity index (χ1) is 7.00. The molecule has 0 unspecified atom stereocenters. The topological polar surface area (TPSA) is 52.4 Å². The van der Waals surface area contributed by atoms with Gasteiger partial charge in [-0.05, 0) is 26.1 Å². The van der Waals surface area contributed by atoms with Crippen LogP contribution < -0.4 is 0 Å². The minimum Gasteiger partial charge on any atom is -0.416 e. The second-order valence-corrected chi connectivity index (χ2v) is 6.18. The molecule has 0 radical (unpaired) electrons. The Labute approximate surface area is 90.8 Å². The third-order valence-corrected chi connectivity index (χ3v) is 2.84. The third kappa shape index (κ3) is 3.45. The summed E-state index contributed by atoms with van der Waals surface area (Å²) in [6.45, 7) is 6.35. The third-order valence-electron chi connectivity index (χ3n) is 2.00. The lowest BCUT2D eigenvalue weighted by Crippen LogP contribution is -2.08. The van der Waals surface area contributed by atoms with Crippen molar-refractivity contribution < 1.29 is 9.35 Å². The Balaban J connectivity index is 2.92. The Hall–Kier alpha value is -1.20. The van der Waals surface area contributed by atoms with Crippen molar-refractivity contribution >= 4 is 14.7 Å². The van der Waals surface area contributed by atoms with E-state index in [2.05, 4.69) is 0 Å². The standard InChI is InChI=1S/C10H15NO3Si/c1-8-4-5-10(11(12)13)9(6-8)7-14-15(2)3/h4-6,15H,7H2,1-3H3. The molecule has 0 saturated carbocycles. The summed E-state index contributed by atoms with van der Waals surface area (Å²) in [5.41, 5.74) is 1.83. The molecular formula is C10H15NO3Si. The molecule has 82 valence electrons. The first kappa shape index (κ1) is 11.9. The van der Waals surface area contributed by atoms with Gasteiger partial charge in [0, 0.05) is 6.07 Å². The Bertz CT molecular complexity index is 366. The van der Waals surface area contributed by atoms with Gasteiger partial charge in [-0.25, -0.2) is 0 Å². The highest BCUT2D eigenvalue weighted by atomic mass is 28.3. The second-order valence-electron chi connectivity index (χ2n) is 3.75. The van der Waals surface area contributed by atoms with E-state index in [0.29, 0.717) is 12.2 Å². The van der Waals surface area contributed by atoms with Gasteiger partial charge in [-0.15, -0.1) is 0 Å². The van der Waals surface area contributed by atoms with E-state index in [1.807, 2.05) is 26.1 Å². The second kappa shape index (κ2) is 5.04. The number of nitro benzene ring substituents is 1. The summed E-state index contributed by atoms with van der Waals surface area (Å²) >= 11 is 0. The first-order valence-corrected chi connectivity index (χ1v) is 7.64. The van der Waals surface area contributed by atoms with Gasteiger partial charge in [0.25, 0.3) is 5.69 Å². The van der Waals surface area contributed by atoms with E-state index in [4.69, 9.17) is 4.43 Å². The molecule has 0 atom stereocenters. The van der Waals surface area contributed by atoms with Crippen LogP contribution in [0.1, 0.15) is 11.1 Å². The highest BCUT2D eigenvalue weighted by Crippen LogP contribution is 2.20. The maximum absolute atomic E-state index is 10.7. The largest absolute Gasteiger partial charge is 0.416 e. The molecule has 5 heteroatoms. The highest BCUT2D eigenvalue weighted by Gasteiger charge is 2.13. The summed E-state index contributed by atoms with van der Waals surface area (Å²) in [7, 11) is -1.13. The van der Waals surface area contributed by atoms with Crippen molar-refractivity contribution in [3.05, 3.63) is 39.4 Å². The van der Waals surface area contributed by atoms with Gasteiger partial charge in [-0.3, -0.25) is 10.1 Å². The number of benzene rings is 1. The van der Waals surface area contributed by atoms with Gasteiger partial charge in [0.05, 0.1) is 17.1 Å². The number of rotatable bonds is 4. The number of hydrogen-bond donors (Lipinski definition) is 0. The summed E-state index contributed by atoms with van der Waals surface area (Å²) in [6, 6.07) is 5.10. The molecule has 0 aromatic heterocycles. The first-order valence-electron chi connectivity index (χ1n) is 4.86. The molecule has 1 aromatic rings. The molecule has 1 aromatic carbocycles. The molecule has 0 aliphatic rings. The summed E-state index contributed by atoms with van der Waals surface area (Å²) in [4.78, 5) is 10.4. The molecule has 0 bridgehead atoms. The van der Waals surface area contributed by atoms with Gasteiger partial charge in [-0.1, -0.05) is 11.6 Å². The molecule has 0 fully saturated rings. The van der Waals surface area contributed by atoms with E-state index in [1.54, 1.807) is 6.07 Å². The zero-order valence-electron chi connectivity index (χ0n) is 9.19. The summed E-state index contributed by atoms with van der Waals surface area (Å²) in [5, 5.41) is 10.7. The lowest BCUT2D eigenvalue weighted by molar-refractivity contribution is -0.385. The van der Waals surface area contributed by atoms with Crippen LogP contribution in [0.2, 0.25) is 13.1 Å². The Morgan fingerprint density at radius 3 is 2.67 bits per heavy atom. The number of aryl methyl sites for hydroxylation is 1. The van der Waals surface area contributed by atoms with Gasteiger partial charge in [-0.2, -0.15) is 0 Å². The monoisotopic (exact) mass is 225 g/mol. The van der Waals surface area contributed by atoms with Crippen LogP contribution in [0, 0.1) is 17.0 Å². The molecule has 0 aliphatic heterocycles. The Morgan fingerprint density at radius 1 is 1.47 bits per heavy atom. The summed E-state index contributed by atoms with van der Waals surface area (Å²) in [6.07, 6.45) is 0. The van der Waals surface area contributed by atoms with Crippen molar-refractivity contribution in [3.63, 3.8) is 0 Å². The van der Waals surface area contributed by atoms with Crippen LogP contribution in [0.3, 0.4) is 0 Å². The van der Waals surface area contributed by atoms with Gasteiger partial charge >= 0.3 is 0 Å². The smallest absolute Gasteiger partial charge is 0.274 e. The van der Waals surface area contributed by atoms with E-state index in [-0.39, 0.29) is 10.6 Å². The molecule has 0 amide bonds. The van der Waals surface area contributed by atoms with Crippen molar-refractivity contribution in [2.45, 2.75) is 26.6 Å². The SMILES string of the molecule is Cc1ccc([N+](=O)[O-])c(CO[SiH](C)C)c1. The predicted octanol–water partition coefficient (Wildman–Crippen LogP) is 2.40. The normalized spacial score (nSPS) is 10.7.